The summed E-state index contributed by atoms with van der Waals surface area (Å²) >= 11 is 0. The Balaban J connectivity index is 1.81. The minimum atomic E-state index is -0.517. The van der Waals surface area contributed by atoms with Gasteiger partial charge in [0.2, 0.25) is 6.79 Å². The molecule has 3 rings (SSSR count). The minimum absolute atomic E-state index is 0.194. The van der Waals surface area contributed by atoms with Crippen LogP contribution < -0.4 is 14.8 Å². The number of hydrogen-bond acceptors (Lipinski definition) is 6. The van der Waals surface area contributed by atoms with Gasteiger partial charge in [0.1, 0.15) is 11.9 Å². The monoisotopic (exact) mass is 273 g/mol. The van der Waals surface area contributed by atoms with E-state index >= 15 is 0 Å². The fourth-order valence-electron chi connectivity index (χ4n) is 2.00. The Morgan fingerprint density at radius 2 is 2.20 bits per heavy atom. The largest absolute Gasteiger partial charge is 0.454 e. The highest BCUT2D eigenvalue weighted by Crippen LogP contribution is 2.35. The SMILES string of the molecule is O=[N+]([O-])c1ncccc1NCc1cccc2c1OCO2. The van der Waals surface area contributed by atoms with E-state index in [1.165, 1.54) is 6.20 Å². The summed E-state index contributed by atoms with van der Waals surface area (Å²) in [7, 11) is 0. The lowest BCUT2D eigenvalue weighted by atomic mass is 10.2. The van der Waals surface area contributed by atoms with Gasteiger partial charge in [0, 0.05) is 12.1 Å². The molecule has 1 aliphatic heterocycles. The van der Waals surface area contributed by atoms with Crippen molar-refractivity contribution in [2.45, 2.75) is 6.54 Å². The van der Waals surface area contributed by atoms with Gasteiger partial charge in [-0.15, -0.1) is 0 Å². The van der Waals surface area contributed by atoms with Crippen LogP contribution >= 0.6 is 0 Å². The second-order valence-corrected chi connectivity index (χ2v) is 4.14. The number of hydrogen-bond donors (Lipinski definition) is 1. The fraction of sp³-hybridized carbons (Fsp3) is 0.154. The zero-order valence-electron chi connectivity index (χ0n) is 10.4. The predicted octanol–water partition coefficient (Wildman–Crippen LogP) is 2.33. The Bertz CT molecular complexity index is 660. The van der Waals surface area contributed by atoms with Crippen LogP contribution in [0.15, 0.2) is 36.5 Å². The van der Waals surface area contributed by atoms with Crippen LogP contribution in [0.3, 0.4) is 0 Å². The van der Waals surface area contributed by atoms with Crippen molar-refractivity contribution in [1.82, 2.24) is 4.98 Å². The normalized spacial score (nSPS) is 12.2. The number of ether oxygens (including phenoxy) is 2. The molecule has 0 unspecified atom stereocenters. The molecule has 7 nitrogen and oxygen atoms in total. The molecule has 0 atom stereocenters. The highest BCUT2D eigenvalue weighted by atomic mass is 16.7. The van der Waals surface area contributed by atoms with Crippen molar-refractivity contribution in [3.8, 4) is 11.5 Å². The molecule has 0 aliphatic carbocycles. The van der Waals surface area contributed by atoms with E-state index in [0.29, 0.717) is 23.7 Å². The van der Waals surface area contributed by atoms with Crippen molar-refractivity contribution < 1.29 is 14.4 Å². The molecular formula is C13H11N3O4. The van der Waals surface area contributed by atoms with Crippen LogP contribution in [0, 0.1) is 10.1 Å². The third-order valence-corrected chi connectivity index (χ3v) is 2.91. The van der Waals surface area contributed by atoms with E-state index in [4.69, 9.17) is 9.47 Å². The molecule has 0 fully saturated rings. The molecule has 0 saturated heterocycles. The smallest absolute Gasteiger partial charge is 0.386 e. The highest BCUT2D eigenvalue weighted by Gasteiger charge is 2.18. The van der Waals surface area contributed by atoms with Gasteiger partial charge in [-0.2, -0.15) is 0 Å². The maximum absolute atomic E-state index is 10.9. The highest BCUT2D eigenvalue weighted by molar-refractivity contribution is 5.58. The number of nitro groups is 1. The van der Waals surface area contributed by atoms with Crippen LogP contribution in [0.25, 0.3) is 0 Å². The Hall–Kier alpha value is -2.83. The zero-order valence-corrected chi connectivity index (χ0v) is 10.4. The van der Waals surface area contributed by atoms with Gasteiger partial charge >= 0.3 is 5.82 Å². The van der Waals surface area contributed by atoms with Crippen molar-refractivity contribution in [2.24, 2.45) is 0 Å². The first-order valence-electron chi connectivity index (χ1n) is 5.96. The molecule has 7 heteroatoms. The van der Waals surface area contributed by atoms with Crippen LogP contribution in [0.5, 0.6) is 11.5 Å². The number of fused-ring (bicyclic) bond motifs is 1. The van der Waals surface area contributed by atoms with Gasteiger partial charge in [-0.3, -0.25) is 0 Å². The summed E-state index contributed by atoms with van der Waals surface area (Å²) < 4.78 is 10.7. The summed E-state index contributed by atoms with van der Waals surface area (Å²) in [6.45, 7) is 0.582. The Labute approximate surface area is 114 Å². The number of anilines is 1. The molecule has 2 heterocycles. The summed E-state index contributed by atoms with van der Waals surface area (Å²) in [5.74, 6) is 1.16. The van der Waals surface area contributed by atoms with Crippen molar-refractivity contribution >= 4 is 11.5 Å². The standard InChI is InChI=1S/C13H11N3O4/c17-16(18)13-10(4-2-6-14-13)15-7-9-3-1-5-11-12(9)20-8-19-11/h1-6,15H,7-8H2. The molecule has 2 aromatic rings. The van der Waals surface area contributed by atoms with Crippen molar-refractivity contribution in [3.05, 3.63) is 52.2 Å². The second kappa shape index (κ2) is 5.04. The van der Waals surface area contributed by atoms with E-state index < -0.39 is 4.92 Å². The molecule has 0 bridgehead atoms. The van der Waals surface area contributed by atoms with E-state index in [1.807, 2.05) is 18.2 Å². The van der Waals surface area contributed by atoms with Crippen LogP contribution in [-0.2, 0) is 6.54 Å². The van der Waals surface area contributed by atoms with E-state index in [2.05, 4.69) is 10.3 Å². The lowest BCUT2D eigenvalue weighted by Gasteiger charge is -2.08. The van der Waals surface area contributed by atoms with Crippen LogP contribution in [0.2, 0.25) is 0 Å². The molecule has 102 valence electrons. The molecule has 1 aromatic carbocycles. The number of para-hydroxylation sites is 1. The third-order valence-electron chi connectivity index (χ3n) is 2.91. The van der Waals surface area contributed by atoms with Gasteiger partial charge in [0.25, 0.3) is 0 Å². The molecule has 20 heavy (non-hydrogen) atoms. The third kappa shape index (κ3) is 2.20. The van der Waals surface area contributed by atoms with Gasteiger partial charge in [-0.05, 0) is 28.1 Å². The lowest BCUT2D eigenvalue weighted by Crippen LogP contribution is -2.04. The Morgan fingerprint density at radius 3 is 3.05 bits per heavy atom. The molecule has 0 radical (unpaired) electrons. The van der Waals surface area contributed by atoms with E-state index in [9.17, 15) is 10.1 Å². The number of nitrogens with zero attached hydrogens (tertiary/aromatic N) is 2. The number of pyridine rings is 1. The van der Waals surface area contributed by atoms with Crippen molar-refractivity contribution in [2.75, 3.05) is 12.1 Å². The minimum Gasteiger partial charge on any atom is -0.454 e. The van der Waals surface area contributed by atoms with Gasteiger partial charge in [0.15, 0.2) is 11.5 Å². The molecule has 1 N–H and O–H groups in total. The first-order chi connectivity index (χ1) is 9.75. The van der Waals surface area contributed by atoms with Crippen LogP contribution in [0.1, 0.15) is 5.56 Å². The first-order valence-corrected chi connectivity index (χ1v) is 5.96. The molecule has 1 aromatic heterocycles. The van der Waals surface area contributed by atoms with Crippen LogP contribution in [-0.4, -0.2) is 16.7 Å². The van der Waals surface area contributed by atoms with Crippen LogP contribution in [0.4, 0.5) is 11.5 Å². The van der Waals surface area contributed by atoms with Gasteiger partial charge in [0.05, 0.1) is 0 Å². The topological polar surface area (TPSA) is 86.5 Å². The Kier molecular flexibility index (Phi) is 3.08. The molecule has 0 amide bonds. The van der Waals surface area contributed by atoms with Crippen molar-refractivity contribution in [1.29, 1.82) is 0 Å². The maximum Gasteiger partial charge on any atom is 0.386 e. The summed E-state index contributed by atoms with van der Waals surface area (Å²) in [6, 6.07) is 8.80. The Morgan fingerprint density at radius 1 is 1.30 bits per heavy atom. The maximum atomic E-state index is 10.9. The van der Waals surface area contributed by atoms with Gasteiger partial charge < -0.3 is 24.9 Å². The lowest BCUT2D eigenvalue weighted by molar-refractivity contribution is -0.388. The number of aromatic nitrogens is 1. The summed E-state index contributed by atoms with van der Waals surface area (Å²) in [4.78, 5) is 14.1. The molecule has 0 saturated carbocycles. The summed E-state index contributed by atoms with van der Waals surface area (Å²) in [5.41, 5.74) is 1.24. The van der Waals surface area contributed by atoms with E-state index in [1.54, 1.807) is 12.1 Å². The molecule has 0 spiro atoms. The predicted molar refractivity (Wildman–Crippen MR) is 70.8 cm³/mol. The molecule has 1 aliphatic rings. The zero-order chi connectivity index (χ0) is 13.9. The van der Waals surface area contributed by atoms with E-state index in [-0.39, 0.29) is 12.6 Å². The van der Waals surface area contributed by atoms with Crippen molar-refractivity contribution in [3.63, 3.8) is 0 Å². The quantitative estimate of drug-likeness (QED) is 0.679. The fourth-order valence-corrected chi connectivity index (χ4v) is 2.00. The number of nitrogens with one attached hydrogen (secondary N) is 1. The average Bonchev–Trinajstić information content (AvgIpc) is 2.94. The van der Waals surface area contributed by atoms with Gasteiger partial charge in [-0.1, -0.05) is 12.1 Å². The summed E-state index contributed by atoms with van der Waals surface area (Å²) in [5, 5.41) is 13.9. The molecular weight excluding hydrogens is 262 g/mol. The number of rotatable bonds is 4. The summed E-state index contributed by atoms with van der Waals surface area (Å²) in [6.07, 6.45) is 1.39. The first kappa shape index (κ1) is 12.2. The number of benzene rings is 1. The van der Waals surface area contributed by atoms with Gasteiger partial charge in [-0.25, -0.2) is 0 Å². The average molecular weight is 273 g/mol. The second-order valence-electron chi connectivity index (χ2n) is 4.14. The van der Waals surface area contributed by atoms with E-state index in [0.717, 1.165) is 5.56 Å².